The molecule has 0 aliphatic heterocycles. The normalized spacial score (nSPS) is 15.1. The number of hydrogen-bond donors (Lipinski definition) is 1. The number of benzene rings is 1. The van der Waals surface area contributed by atoms with Gasteiger partial charge in [0.2, 0.25) is 0 Å². The summed E-state index contributed by atoms with van der Waals surface area (Å²) in [7, 11) is 3.41. The van der Waals surface area contributed by atoms with Crippen molar-refractivity contribution in [1.29, 1.82) is 0 Å². The molecule has 23 heavy (non-hydrogen) atoms. The SMILES string of the molecule is CC(=O)O.CCCC.COc1ccc2c(c1OC)CC[C@H](C)C2. The molecule has 1 aromatic carbocycles. The highest BCUT2D eigenvalue weighted by Crippen LogP contribution is 2.38. The highest BCUT2D eigenvalue weighted by molar-refractivity contribution is 5.62. The molecule has 0 saturated carbocycles. The van der Waals surface area contributed by atoms with E-state index >= 15 is 0 Å². The molecule has 1 aliphatic rings. The number of carbonyl (C=O) groups is 1. The van der Waals surface area contributed by atoms with Gasteiger partial charge in [0.15, 0.2) is 11.5 Å². The molecule has 4 heteroatoms. The van der Waals surface area contributed by atoms with Crippen LogP contribution in [-0.4, -0.2) is 25.3 Å². The van der Waals surface area contributed by atoms with Crippen molar-refractivity contribution in [2.75, 3.05) is 14.2 Å². The summed E-state index contributed by atoms with van der Waals surface area (Å²) in [6, 6.07) is 4.18. The van der Waals surface area contributed by atoms with Crippen LogP contribution < -0.4 is 9.47 Å². The molecule has 2 rings (SSSR count). The van der Waals surface area contributed by atoms with Crippen LogP contribution in [0.5, 0.6) is 11.5 Å². The van der Waals surface area contributed by atoms with Gasteiger partial charge in [-0.3, -0.25) is 4.79 Å². The quantitative estimate of drug-likeness (QED) is 0.873. The van der Waals surface area contributed by atoms with Gasteiger partial charge >= 0.3 is 0 Å². The zero-order valence-corrected chi connectivity index (χ0v) is 15.4. The molecule has 132 valence electrons. The van der Waals surface area contributed by atoms with Crippen LogP contribution in [0.2, 0.25) is 0 Å². The molecule has 1 N–H and O–H groups in total. The van der Waals surface area contributed by atoms with Crippen LogP contribution in [0.4, 0.5) is 0 Å². The first-order valence-corrected chi connectivity index (χ1v) is 8.33. The minimum absolute atomic E-state index is 0.788. The fourth-order valence-electron chi connectivity index (χ4n) is 2.37. The van der Waals surface area contributed by atoms with Crippen LogP contribution in [0.1, 0.15) is 58.1 Å². The average Bonchev–Trinajstić information content (AvgIpc) is 2.53. The maximum absolute atomic E-state index is 9.00. The molecule has 1 aliphatic carbocycles. The first-order chi connectivity index (χ1) is 10.9. The maximum Gasteiger partial charge on any atom is 0.300 e. The molecule has 4 nitrogen and oxygen atoms in total. The summed E-state index contributed by atoms with van der Waals surface area (Å²) in [5.41, 5.74) is 2.77. The van der Waals surface area contributed by atoms with Crippen molar-refractivity contribution >= 4 is 5.97 Å². The number of hydrogen-bond acceptors (Lipinski definition) is 3. The fourth-order valence-corrected chi connectivity index (χ4v) is 2.37. The van der Waals surface area contributed by atoms with Gasteiger partial charge in [0.1, 0.15) is 0 Å². The molecule has 1 atom stereocenters. The van der Waals surface area contributed by atoms with E-state index in [0.29, 0.717) is 0 Å². The molecule has 0 heterocycles. The van der Waals surface area contributed by atoms with Crippen LogP contribution in [0, 0.1) is 5.92 Å². The third-order valence-electron chi connectivity index (χ3n) is 3.70. The van der Waals surface area contributed by atoms with Crippen molar-refractivity contribution in [2.45, 2.75) is 59.8 Å². The third-order valence-corrected chi connectivity index (χ3v) is 3.70. The Morgan fingerprint density at radius 1 is 1.22 bits per heavy atom. The summed E-state index contributed by atoms with van der Waals surface area (Å²) in [5.74, 6) is 1.74. The van der Waals surface area contributed by atoms with Gasteiger partial charge in [0.05, 0.1) is 14.2 Å². The Morgan fingerprint density at radius 2 is 1.78 bits per heavy atom. The van der Waals surface area contributed by atoms with E-state index in [4.69, 9.17) is 19.4 Å². The Morgan fingerprint density at radius 3 is 2.22 bits per heavy atom. The van der Waals surface area contributed by atoms with Crippen LogP contribution in [-0.2, 0) is 17.6 Å². The highest BCUT2D eigenvalue weighted by Gasteiger charge is 2.20. The van der Waals surface area contributed by atoms with Crippen LogP contribution >= 0.6 is 0 Å². The minimum Gasteiger partial charge on any atom is -0.493 e. The number of unbranched alkanes of at least 4 members (excludes halogenated alkanes) is 1. The van der Waals surface area contributed by atoms with Crippen LogP contribution in [0.15, 0.2) is 12.1 Å². The molecule has 0 spiro atoms. The second-order valence-electron chi connectivity index (χ2n) is 5.81. The van der Waals surface area contributed by atoms with Crippen molar-refractivity contribution < 1.29 is 19.4 Å². The van der Waals surface area contributed by atoms with Gasteiger partial charge in [0.25, 0.3) is 5.97 Å². The fraction of sp³-hybridized carbons (Fsp3) is 0.632. The van der Waals surface area contributed by atoms with Gasteiger partial charge < -0.3 is 14.6 Å². The van der Waals surface area contributed by atoms with E-state index in [-0.39, 0.29) is 0 Å². The number of methoxy groups -OCH3 is 2. The number of fused-ring (bicyclic) bond motifs is 1. The molecule has 0 unspecified atom stereocenters. The van der Waals surface area contributed by atoms with E-state index in [1.807, 2.05) is 6.07 Å². The van der Waals surface area contributed by atoms with E-state index in [1.165, 1.54) is 30.4 Å². The Hall–Kier alpha value is -1.71. The van der Waals surface area contributed by atoms with Gasteiger partial charge in [-0.15, -0.1) is 0 Å². The second kappa shape index (κ2) is 11.8. The zero-order chi connectivity index (χ0) is 17.8. The van der Waals surface area contributed by atoms with Crippen molar-refractivity contribution in [2.24, 2.45) is 5.92 Å². The first kappa shape index (κ1) is 21.3. The lowest BCUT2D eigenvalue weighted by atomic mass is 9.84. The molecule has 0 saturated heterocycles. The predicted molar refractivity (Wildman–Crippen MR) is 94.6 cm³/mol. The predicted octanol–water partition coefficient (Wildman–Crippen LogP) is 4.73. The summed E-state index contributed by atoms with van der Waals surface area (Å²) in [4.78, 5) is 9.00. The van der Waals surface area contributed by atoms with Crippen molar-refractivity contribution in [3.05, 3.63) is 23.3 Å². The number of carboxylic acids is 1. The monoisotopic (exact) mass is 324 g/mol. The smallest absolute Gasteiger partial charge is 0.300 e. The lowest BCUT2D eigenvalue weighted by Crippen LogP contribution is -2.12. The Bertz CT molecular complexity index is 463. The second-order valence-corrected chi connectivity index (χ2v) is 5.81. The van der Waals surface area contributed by atoms with Crippen LogP contribution in [0.25, 0.3) is 0 Å². The Balaban J connectivity index is 0.000000509. The summed E-state index contributed by atoms with van der Waals surface area (Å²) in [6.07, 6.45) is 6.16. The van der Waals surface area contributed by atoms with Crippen molar-refractivity contribution in [3.63, 3.8) is 0 Å². The average molecular weight is 324 g/mol. The first-order valence-electron chi connectivity index (χ1n) is 8.33. The molecular weight excluding hydrogens is 292 g/mol. The summed E-state index contributed by atoms with van der Waals surface area (Å²) >= 11 is 0. The molecule has 0 amide bonds. The van der Waals surface area contributed by atoms with Gasteiger partial charge in [-0.25, -0.2) is 0 Å². The molecule has 0 radical (unpaired) electrons. The third kappa shape index (κ3) is 7.91. The molecular formula is C19H32O4. The summed E-state index contributed by atoms with van der Waals surface area (Å²) in [6.45, 7) is 7.75. The van der Waals surface area contributed by atoms with Gasteiger partial charge in [0, 0.05) is 12.5 Å². The largest absolute Gasteiger partial charge is 0.493 e. The molecule has 0 bridgehead atoms. The Labute approximate surface area is 140 Å². The zero-order valence-electron chi connectivity index (χ0n) is 15.4. The van der Waals surface area contributed by atoms with E-state index in [2.05, 4.69) is 26.8 Å². The standard InChI is InChI=1S/C13H18O2.C4H10.C2H4O2/c1-9-4-6-11-10(8-9)5-7-12(14-2)13(11)15-3;1-3-4-2;1-2(3)4/h5,7,9H,4,6,8H2,1-3H3;3-4H2,1-2H3;1H3,(H,3,4)/t9-;;/m0../s1. The molecule has 0 fully saturated rings. The summed E-state index contributed by atoms with van der Waals surface area (Å²) < 4.78 is 10.7. The molecule has 0 aromatic heterocycles. The highest BCUT2D eigenvalue weighted by atomic mass is 16.5. The number of rotatable bonds is 3. The van der Waals surface area contributed by atoms with Crippen molar-refractivity contribution in [1.82, 2.24) is 0 Å². The molecule has 1 aromatic rings. The Kier molecular flexibility index (Phi) is 10.9. The van der Waals surface area contributed by atoms with Gasteiger partial charge in [-0.05, 0) is 36.8 Å². The maximum atomic E-state index is 9.00. The van der Waals surface area contributed by atoms with E-state index in [0.717, 1.165) is 37.2 Å². The van der Waals surface area contributed by atoms with Crippen LogP contribution in [0.3, 0.4) is 0 Å². The van der Waals surface area contributed by atoms with E-state index in [9.17, 15) is 0 Å². The number of aliphatic carboxylic acids is 1. The topological polar surface area (TPSA) is 55.8 Å². The number of carboxylic acid groups (broad SMARTS) is 1. The summed E-state index contributed by atoms with van der Waals surface area (Å²) in [5, 5.41) is 7.42. The number of ether oxygens (including phenoxy) is 2. The minimum atomic E-state index is -0.833. The van der Waals surface area contributed by atoms with Crippen molar-refractivity contribution in [3.8, 4) is 11.5 Å². The van der Waals surface area contributed by atoms with Gasteiger partial charge in [-0.2, -0.15) is 0 Å². The van der Waals surface area contributed by atoms with Gasteiger partial charge in [-0.1, -0.05) is 39.7 Å². The van der Waals surface area contributed by atoms with E-state index in [1.54, 1.807) is 14.2 Å². The lowest BCUT2D eigenvalue weighted by Gasteiger charge is -2.24. The van der Waals surface area contributed by atoms with E-state index < -0.39 is 5.97 Å². The lowest BCUT2D eigenvalue weighted by molar-refractivity contribution is -0.134.